The third-order valence-corrected chi connectivity index (χ3v) is 5.41. The third kappa shape index (κ3) is 4.24. The number of benzene rings is 2. The van der Waals surface area contributed by atoms with Crippen LogP contribution in [0.15, 0.2) is 47.0 Å². The van der Waals surface area contributed by atoms with Gasteiger partial charge >= 0.3 is 6.01 Å². The Bertz CT molecular complexity index is 1030. The van der Waals surface area contributed by atoms with E-state index in [0.717, 1.165) is 11.1 Å². The average molecular weight is 415 g/mol. The average Bonchev–Trinajstić information content (AvgIpc) is 3.21. The van der Waals surface area contributed by atoms with E-state index in [0.29, 0.717) is 43.5 Å². The van der Waals surface area contributed by atoms with Crippen molar-refractivity contribution in [2.75, 3.05) is 23.3 Å². The van der Waals surface area contributed by atoms with Gasteiger partial charge in [0.1, 0.15) is 5.82 Å². The summed E-state index contributed by atoms with van der Waals surface area (Å²) in [6.07, 6.45) is 1.31. The first-order valence-electron chi connectivity index (χ1n) is 9.42. The van der Waals surface area contributed by atoms with Gasteiger partial charge in [-0.15, -0.1) is 0 Å². The van der Waals surface area contributed by atoms with Crippen molar-refractivity contribution in [2.45, 2.75) is 19.8 Å². The number of aryl methyl sites for hydroxylation is 1. The van der Waals surface area contributed by atoms with Crippen LogP contribution in [0.1, 0.15) is 18.4 Å². The monoisotopic (exact) mass is 414 g/mol. The van der Waals surface area contributed by atoms with Crippen molar-refractivity contribution in [2.24, 2.45) is 5.92 Å². The SMILES string of the molecule is Cc1ccccc1-c1noc(N2CCC(C(=O)Nc3ccc(F)c(Cl)c3)CC2)n1. The number of amides is 1. The van der Waals surface area contributed by atoms with E-state index < -0.39 is 5.82 Å². The number of piperidine rings is 1. The number of carbonyl (C=O) groups is 1. The van der Waals surface area contributed by atoms with Crippen molar-refractivity contribution in [3.8, 4) is 11.4 Å². The number of nitrogens with zero attached hydrogens (tertiary/aromatic N) is 3. The lowest BCUT2D eigenvalue weighted by atomic mass is 9.96. The van der Waals surface area contributed by atoms with E-state index in [9.17, 15) is 9.18 Å². The van der Waals surface area contributed by atoms with Crippen molar-refractivity contribution in [3.63, 3.8) is 0 Å². The van der Waals surface area contributed by atoms with Gasteiger partial charge in [0.25, 0.3) is 0 Å². The Morgan fingerprint density at radius 2 is 2.00 bits per heavy atom. The van der Waals surface area contributed by atoms with Gasteiger partial charge in [-0.05, 0) is 43.5 Å². The van der Waals surface area contributed by atoms with Crippen LogP contribution in [0.5, 0.6) is 0 Å². The highest BCUT2D eigenvalue weighted by Crippen LogP contribution is 2.27. The fourth-order valence-electron chi connectivity index (χ4n) is 3.43. The molecule has 0 spiro atoms. The van der Waals surface area contributed by atoms with Gasteiger partial charge in [0.15, 0.2) is 0 Å². The van der Waals surface area contributed by atoms with Crippen LogP contribution in [0.25, 0.3) is 11.4 Å². The largest absolute Gasteiger partial charge is 0.326 e. The molecule has 1 saturated heterocycles. The molecule has 6 nitrogen and oxygen atoms in total. The molecule has 3 aromatic rings. The predicted octanol–water partition coefficient (Wildman–Crippen LogP) is 4.69. The highest BCUT2D eigenvalue weighted by atomic mass is 35.5. The van der Waals surface area contributed by atoms with Crippen LogP contribution in [0.2, 0.25) is 5.02 Å². The van der Waals surface area contributed by atoms with Gasteiger partial charge in [-0.2, -0.15) is 4.98 Å². The zero-order valence-electron chi connectivity index (χ0n) is 15.9. The topological polar surface area (TPSA) is 71.3 Å². The van der Waals surface area contributed by atoms with E-state index in [4.69, 9.17) is 16.1 Å². The molecule has 29 heavy (non-hydrogen) atoms. The summed E-state index contributed by atoms with van der Waals surface area (Å²) < 4.78 is 18.7. The fraction of sp³-hybridized carbons (Fsp3) is 0.286. The van der Waals surface area contributed by atoms with Crippen molar-refractivity contribution in [3.05, 3.63) is 58.9 Å². The molecule has 1 aliphatic heterocycles. The first-order chi connectivity index (χ1) is 14.0. The normalized spacial score (nSPS) is 14.8. The van der Waals surface area contributed by atoms with Crippen LogP contribution in [0.3, 0.4) is 0 Å². The molecule has 2 aromatic carbocycles. The first-order valence-corrected chi connectivity index (χ1v) is 9.79. The smallest absolute Gasteiger partial charge is 0.324 e. The number of hydrogen-bond donors (Lipinski definition) is 1. The van der Waals surface area contributed by atoms with Crippen LogP contribution in [-0.4, -0.2) is 29.1 Å². The molecule has 0 bridgehead atoms. The molecule has 0 radical (unpaired) electrons. The summed E-state index contributed by atoms with van der Waals surface area (Å²) in [7, 11) is 0. The molecule has 0 unspecified atom stereocenters. The van der Waals surface area contributed by atoms with Gasteiger partial charge in [-0.1, -0.05) is 41.0 Å². The number of carbonyl (C=O) groups excluding carboxylic acids is 1. The highest BCUT2D eigenvalue weighted by Gasteiger charge is 2.28. The molecule has 0 aliphatic carbocycles. The second kappa shape index (κ2) is 8.21. The summed E-state index contributed by atoms with van der Waals surface area (Å²) in [5.41, 5.74) is 2.51. The maximum atomic E-state index is 13.3. The zero-order valence-corrected chi connectivity index (χ0v) is 16.6. The maximum Gasteiger partial charge on any atom is 0.324 e. The molecule has 150 valence electrons. The Hall–Kier alpha value is -2.93. The highest BCUT2D eigenvalue weighted by molar-refractivity contribution is 6.31. The Kier molecular flexibility index (Phi) is 5.49. The lowest BCUT2D eigenvalue weighted by Crippen LogP contribution is -2.38. The molecule has 1 fully saturated rings. The van der Waals surface area contributed by atoms with Gasteiger partial charge < -0.3 is 14.7 Å². The summed E-state index contributed by atoms with van der Waals surface area (Å²) in [4.78, 5) is 19.0. The van der Waals surface area contributed by atoms with Gasteiger partial charge in [-0.25, -0.2) is 4.39 Å². The number of aromatic nitrogens is 2. The fourth-order valence-corrected chi connectivity index (χ4v) is 3.61. The lowest BCUT2D eigenvalue weighted by molar-refractivity contribution is -0.120. The standard InChI is InChI=1S/C21H20ClFN4O2/c1-13-4-2-3-5-16(13)19-25-21(29-26-19)27-10-8-14(9-11-27)20(28)24-15-6-7-18(23)17(22)12-15/h2-7,12,14H,8-11H2,1H3,(H,24,28). The van der Waals surface area contributed by atoms with E-state index in [1.165, 1.54) is 18.2 Å². The predicted molar refractivity (Wildman–Crippen MR) is 109 cm³/mol. The van der Waals surface area contributed by atoms with Crippen LogP contribution in [0, 0.1) is 18.7 Å². The second-order valence-electron chi connectivity index (χ2n) is 7.09. The van der Waals surface area contributed by atoms with Gasteiger partial charge in [0.2, 0.25) is 11.7 Å². The Morgan fingerprint density at radius 3 is 2.72 bits per heavy atom. The van der Waals surface area contributed by atoms with Crippen LogP contribution < -0.4 is 10.2 Å². The Balaban J connectivity index is 1.36. The molecule has 8 heteroatoms. The molecule has 0 saturated carbocycles. The Morgan fingerprint density at radius 1 is 1.24 bits per heavy atom. The quantitative estimate of drug-likeness (QED) is 0.670. The molecule has 1 amide bonds. The minimum atomic E-state index is -0.511. The van der Waals surface area contributed by atoms with Crippen molar-refractivity contribution < 1.29 is 13.7 Å². The van der Waals surface area contributed by atoms with Crippen molar-refractivity contribution in [1.82, 2.24) is 10.1 Å². The summed E-state index contributed by atoms with van der Waals surface area (Å²) in [6.45, 7) is 3.28. The van der Waals surface area contributed by atoms with Crippen molar-refractivity contribution in [1.29, 1.82) is 0 Å². The molecule has 1 aromatic heterocycles. The number of hydrogen-bond acceptors (Lipinski definition) is 5. The van der Waals surface area contributed by atoms with E-state index in [1.54, 1.807) is 0 Å². The van der Waals surface area contributed by atoms with E-state index in [1.807, 2.05) is 36.1 Å². The summed E-state index contributed by atoms with van der Waals surface area (Å²) in [5, 5.41) is 6.89. The minimum absolute atomic E-state index is 0.0153. The molecule has 1 N–H and O–H groups in total. The lowest BCUT2D eigenvalue weighted by Gasteiger charge is -2.29. The van der Waals surface area contributed by atoms with Gasteiger partial charge in [0, 0.05) is 30.3 Å². The van der Waals surface area contributed by atoms with E-state index in [2.05, 4.69) is 15.5 Å². The van der Waals surface area contributed by atoms with Gasteiger partial charge in [0.05, 0.1) is 5.02 Å². The minimum Gasteiger partial charge on any atom is -0.326 e. The molecule has 0 atom stereocenters. The van der Waals surface area contributed by atoms with Crippen molar-refractivity contribution >= 4 is 29.2 Å². The van der Waals surface area contributed by atoms with E-state index >= 15 is 0 Å². The molecule has 2 heterocycles. The second-order valence-corrected chi connectivity index (χ2v) is 7.50. The number of anilines is 2. The molecular formula is C21H20ClFN4O2. The van der Waals surface area contributed by atoms with Gasteiger partial charge in [-0.3, -0.25) is 4.79 Å². The molecule has 4 rings (SSSR count). The zero-order chi connectivity index (χ0) is 20.4. The summed E-state index contributed by atoms with van der Waals surface area (Å²) in [5.74, 6) is -0.193. The van der Waals surface area contributed by atoms with Crippen LogP contribution >= 0.6 is 11.6 Å². The maximum absolute atomic E-state index is 13.3. The molecular weight excluding hydrogens is 395 g/mol. The Labute approximate surface area is 172 Å². The summed E-state index contributed by atoms with van der Waals surface area (Å²) in [6, 6.07) is 12.5. The van der Waals surface area contributed by atoms with Crippen LogP contribution in [-0.2, 0) is 4.79 Å². The van der Waals surface area contributed by atoms with E-state index in [-0.39, 0.29) is 16.8 Å². The van der Waals surface area contributed by atoms with Crippen LogP contribution in [0.4, 0.5) is 16.1 Å². The number of rotatable bonds is 4. The number of nitrogens with one attached hydrogen (secondary N) is 1. The first kappa shape index (κ1) is 19.4. The third-order valence-electron chi connectivity index (χ3n) is 5.12. The summed E-state index contributed by atoms with van der Waals surface area (Å²) >= 11 is 5.77. The number of halogens is 2. The molecule has 1 aliphatic rings.